The van der Waals surface area contributed by atoms with Gasteiger partial charge in [0, 0.05) is 11.7 Å². The van der Waals surface area contributed by atoms with Crippen LogP contribution in [0.4, 0.5) is 23.2 Å². The van der Waals surface area contributed by atoms with E-state index in [0.29, 0.717) is 5.69 Å². The van der Waals surface area contributed by atoms with E-state index in [0.717, 1.165) is 37.8 Å². The minimum Gasteiger partial charge on any atom is -0.382 e. The van der Waals surface area contributed by atoms with Crippen LogP contribution in [0.1, 0.15) is 45.1 Å². The van der Waals surface area contributed by atoms with Gasteiger partial charge in [0.15, 0.2) is 0 Å². The summed E-state index contributed by atoms with van der Waals surface area (Å²) in [5, 5.41) is 3.05. The molecule has 0 aliphatic heterocycles. The molecule has 5 heteroatoms. The van der Waals surface area contributed by atoms with Crippen molar-refractivity contribution in [1.82, 2.24) is 0 Å². The van der Waals surface area contributed by atoms with E-state index in [1.54, 1.807) is 0 Å². The fraction of sp³-hybridized carbons (Fsp3) is 0.571. The van der Waals surface area contributed by atoms with E-state index >= 15 is 0 Å². The summed E-state index contributed by atoms with van der Waals surface area (Å²) in [4.78, 5) is 0. The molecule has 0 bridgehead atoms. The number of hydrogen-bond donors (Lipinski definition) is 1. The van der Waals surface area contributed by atoms with E-state index in [2.05, 4.69) is 5.32 Å². The summed E-state index contributed by atoms with van der Waals surface area (Å²) in [7, 11) is 0. The Morgan fingerprint density at radius 2 is 1.68 bits per heavy atom. The molecule has 0 aromatic heterocycles. The van der Waals surface area contributed by atoms with Crippen molar-refractivity contribution >= 4 is 5.69 Å². The smallest absolute Gasteiger partial charge is 0.382 e. The Bertz CT molecular complexity index is 395. The van der Waals surface area contributed by atoms with Gasteiger partial charge < -0.3 is 5.32 Å². The normalized spacial score (nSPS) is 11.9. The van der Waals surface area contributed by atoms with Gasteiger partial charge in [0.2, 0.25) is 0 Å². The predicted octanol–water partition coefficient (Wildman–Crippen LogP) is 5.23. The number of rotatable bonds is 6. The van der Waals surface area contributed by atoms with E-state index in [1.807, 2.05) is 13.8 Å². The van der Waals surface area contributed by atoms with Gasteiger partial charge in [-0.05, 0) is 31.0 Å². The maximum Gasteiger partial charge on any atom is 0.419 e. The van der Waals surface area contributed by atoms with Crippen LogP contribution in [0.15, 0.2) is 18.2 Å². The van der Waals surface area contributed by atoms with Crippen LogP contribution in [0.2, 0.25) is 0 Å². The van der Waals surface area contributed by atoms with Crippen molar-refractivity contribution in [1.29, 1.82) is 0 Å². The number of nitrogens with one attached hydrogen (secondary N) is 1. The Hall–Kier alpha value is -1.26. The minimum atomic E-state index is -4.66. The van der Waals surface area contributed by atoms with Crippen molar-refractivity contribution in [3.05, 3.63) is 29.6 Å². The summed E-state index contributed by atoms with van der Waals surface area (Å²) in [6, 6.07) is 3.18. The van der Waals surface area contributed by atoms with Crippen molar-refractivity contribution in [3.8, 4) is 0 Å². The third-order valence-corrected chi connectivity index (χ3v) is 2.92. The first-order chi connectivity index (χ1) is 8.88. The van der Waals surface area contributed by atoms with E-state index in [4.69, 9.17) is 0 Å². The third-order valence-electron chi connectivity index (χ3n) is 2.92. The molecule has 0 saturated heterocycles. The molecule has 0 fully saturated rings. The Balaban J connectivity index is 2.89. The highest BCUT2D eigenvalue weighted by molar-refractivity contribution is 5.47. The molecule has 1 N–H and O–H groups in total. The van der Waals surface area contributed by atoms with Gasteiger partial charge >= 0.3 is 6.18 Å². The topological polar surface area (TPSA) is 12.0 Å². The second kappa shape index (κ2) is 6.78. The molecule has 108 valence electrons. The van der Waals surface area contributed by atoms with Crippen molar-refractivity contribution in [2.75, 3.05) is 5.32 Å². The van der Waals surface area contributed by atoms with E-state index in [9.17, 15) is 17.6 Å². The Morgan fingerprint density at radius 3 is 2.16 bits per heavy atom. The zero-order chi connectivity index (χ0) is 14.5. The van der Waals surface area contributed by atoms with Crippen LogP contribution < -0.4 is 5.32 Å². The number of benzene rings is 1. The Labute approximate surface area is 111 Å². The SMILES string of the molecule is CCCC(CCC)Nc1ccc(F)c(C(F)(F)F)c1. The molecule has 0 aliphatic rings. The lowest BCUT2D eigenvalue weighted by molar-refractivity contribution is -0.139. The van der Waals surface area contributed by atoms with E-state index in [1.165, 1.54) is 6.07 Å². The van der Waals surface area contributed by atoms with Crippen molar-refractivity contribution in [2.45, 2.75) is 51.7 Å². The summed E-state index contributed by atoms with van der Waals surface area (Å²) in [5.41, 5.74) is -0.898. The average molecular weight is 277 g/mol. The molecule has 0 aliphatic carbocycles. The van der Waals surface area contributed by atoms with Crippen LogP contribution >= 0.6 is 0 Å². The molecule has 1 nitrogen and oxygen atoms in total. The van der Waals surface area contributed by atoms with Gasteiger partial charge in [-0.25, -0.2) is 4.39 Å². The molecule has 0 amide bonds. The molecular weight excluding hydrogens is 258 g/mol. The Kier molecular flexibility index (Phi) is 5.63. The zero-order valence-electron chi connectivity index (χ0n) is 11.1. The van der Waals surface area contributed by atoms with Crippen LogP contribution in [-0.4, -0.2) is 6.04 Å². The largest absolute Gasteiger partial charge is 0.419 e. The average Bonchev–Trinajstić information content (AvgIpc) is 2.31. The maximum absolute atomic E-state index is 13.2. The van der Waals surface area contributed by atoms with Gasteiger partial charge in [-0.2, -0.15) is 13.2 Å². The first-order valence-corrected chi connectivity index (χ1v) is 6.51. The van der Waals surface area contributed by atoms with Crippen LogP contribution in [0.25, 0.3) is 0 Å². The highest BCUT2D eigenvalue weighted by Crippen LogP contribution is 2.33. The molecule has 1 rings (SSSR count). The van der Waals surface area contributed by atoms with Crippen molar-refractivity contribution in [3.63, 3.8) is 0 Å². The Morgan fingerprint density at radius 1 is 1.11 bits per heavy atom. The first kappa shape index (κ1) is 15.8. The van der Waals surface area contributed by atoms with Gasteiger partial charge in [0.25, 0.3) is 0 Å². The van der Waals surface area contributed by atoms with Gasteiger partial charge in [-0.3, -0.25) is 0 Å². The molecule has 0 saturated carbocycles. The molecule has 0 heterocycles. The summed E-state index contributed by atoms with van der Waals surface area (Å²) >= 11 is 0. The van der Waals surface area contributed by atoms with Gasteiger partial charge in [0.1, 0.15) is 5.82 Å². The van der Waals surface area contributed by atoms with Gasteiger partial charge in [-0.1, -0.05) is 26.7 Å². The van der Waals surface area contributed by atoms with E-state index in [-0.39, 0.29) is 6.04 Å². The lowest BCUT2D eigenvalue weighted by atomic mass is 10.1. The molecule has 1 aromatic rings. The highest BCUT2D eigenvalue weighted by Gasteiger charge is 2.34. The molecule has 1 aromatic carbocycles. The fourth-order valence-corrected chi connectivity index (χ4v) is 2.05. The molecule has 0 spiro atoms. The number of alkyl halides is 3. The lowest BCUT2D eigenvalue weighted by Gasteiger charge is -2.19. The van der Waals surface area contributed by atoms with Gasteiger partial charge in [0.05, 0.1) is 5.56 Å². The molecule has 19 heavy (non-hydrogen) atoms. The quantitative estimate of drug-likeness (QED) is 0.702. The third kappa shape index (κ3) is 4.73. The fourth-order valence-electron chi connectivity index (χ4n) is 2.05. The second-order valence-electron chi connectivity index (χ2n) is 4.61. The first-order valence-electron chi connectivity index (χ1n) is 6.51. The monoisotopic (exact) mass is 277 g/mol. The molecule has 0 unspecified atom stereocenters. The van der Waals surface area contributed by atoms with E-state index < -0.39 is 17.6 Å². The van der Waals surface area contributed by atoms with Crippen LogP contribution in [0, 0.1) is 5.82 Å². The summed E-state index contributed by atoms with van der Waals surface area (Å²) in [6.07, 6.45) is -0.998. The number of halogens is 4. The van der Waals surface area contributed by atoms with Crippen LogP contribution in [-0.2, 0) is 6.18 Å². The van der Waals surface area contributed by atoms with Crippen molar-refractivity contribution < 1.29 is 17.6 Å². The second-order valence-corrected chi connectivity index (χ2v) is 4.61. The van der Waals surface area contributed by atoms with Gasteiger partial charge in [-0.15, -0.1) is 0 Å². The highest BCUT2D eigenvalue weighted by atomic mass is 19.4. The molecule has 0 atom stereocenters. The molecular formula is C14H19F4N. The predicted molar refractivity (Wildman–Crippen MR) is 68.6 cm³/mol. The number of anilines is 1. The molecule has 0 radical (unpaired) electrons. The van der Waals surface area contributed by atoms with Crippen LogP contribution in [0.3, 0.4) is 0 Å². The summed E-state index contributed by atoms with van der Waals surface area (Å²) < 4.78 is 50.9. The summed E-state index contributed by atoms with van der Waals surface area (Å²) in [6.45, 7) is 4.05. The zero-order valence-corrected chi connectivity index (χ0v) is 11.1. The standard InChI is InChI=1S/C14H19F4N/c1-3-5-10(6-4-2)19-11-7-8-13(15)12(9-11)14(16,17)18/h7-10,19H,3-6H2,1-2H3. The van der Waals surface area contributed by atoms with Crippen molar-refractivity contribution in [2.24, 2.45) is 0 Å². The lowest BCUT2D eigenvalue weighted by Crippen LogP contribution is -2.19. The maximum atomic E-state index is 13.2. The number of hydrogen-bond acceptors (Lipinski definition) is 1. The summed E-state index contributed by atoms with van der Waals surface area (Å²) in [5.74, 6) is -1.24. The van der Waals surface area contributed by atoms with Crippen LogP contribution in [0.5, 0.6) is 0 Å². The minimum absolute atomic E-state index is 0.126.